The van der Waals surface area contributed by atoms with Gasteiger partial charge in [0.25, 0.3) is 11.8 Å². The molecule has 0 aliphatic heterocycles. The Kier molecular flexibility index (Phi) is 6.18. The molecule has 0 saturated carbocycles. The lowest BCUT2D eigenvalue weighted by Gasteiger charge is -2.19. The molecule has 0 aliphatic carbocycles. The number of ether oxygens (including phenoxy) is 3. The van der Waals surface area contributed by atoms with Crippen LogP contribution in [-0.4, -0.2) is 61.8 Å². The van der Waals surface area contributed by atoms with E-state index in [0.29, 0.717) is 5.76 Å². The van der Waals surface area contributed by atoms with Gasteiger partial charge in [-0.25, -0.2) is 0 Å². The summed E-state index contributed by atoms with van der Waals surface area (Å²) >= 11 is 0. The predicted octanol–water partition coefficient (Wildman–Crippen LogP) is -0.464. The lowest BCUT2D eigenvalue weighted by Crippen LogP contribution is -2.42. The molecule has 116 valence electrons. The van der Waals surface area contributed by atoms with Crippen LogP contribution in [0.15, 0.2) is 10.6 Å². The Hall–Kier alpha value is -2.58. The van der Waals surface area contributed by atoms with E-state index < -0.39 is 24.5 Å². The van der Waals surface area contributed by atoms with Gasteiger partial charge in [-0.15, -0.1) is 0 Å². The average Bonchev–Trinajstić information content (AvgIpc) is 2.89. The number of hydrogen-bond acceptors (Lipinski definition) is 8. The van der Waals surface area contributed by atoms with Crippen LogP contribution in [0.25, 0.3) is 0 Å². The summed E-state index contributed by atoms with van der Waals surface area (Å²) in [6, 6.07) is 1.50. The van der Waals surface area contributed by atoms with E-state index in [1.54, 1.807) is 6.92 Å². The summed E-state index contributed by atoms with van der Waals surface area (Å²) in [6.45, 7) is 0.500. The minimum atomic E-state index is -0.662. The molecule has 0 N–H and O–H groups in total. The average molecular weight is 300 g/mol. The van der Waals surface area contributed by atoms with Gasteiger partial charge < -0.3 is 23.6 Å². The number of esters is 2. The fourth-order valence-electron chi connectivity index (χ4n) is 1.31. The van der Waals surface area contributed by atoms with Gasteiger partial charge in [0.1, 0.15) is 18.8 Å². The van der Waals surface area contributed by atoms with Gasteiger partial charge in [0.05, 0.1) is 14.2 Å². The van der Waals surface area contributed by atoms with Crippen LogP contribution in [0.1, 0.15) is 5.76 Å². The number of amides is 1. The quantitative estimate of drug-likeness (QED) is 0.622. The largest absolute Gasteiger partial charge is 0.468 e. The number of methoxy groups -OCH3 is 2. The fourth-order valence-corrected chi connectivity index (χ4v) is 1.31. The molecule has 9 nitrogen and oxygen atoms in total. The molecule has 21 heavy (non-hydrogen) atoms. The van der Waals surface area contributed by atoms with E-state index >= 15 is 0 Å². The third kappa shape index (κ3) is 5.51. The van der Waals surface area contributed by atoms with Crippen molar-refractivity contribution in [2.45, 2.75) is 6.92 Å². The fraction of sp³-hybridized carbons (Fsp3) is 0.500. The zero-order valence-electron chi connectivity index (χ0n) is 12.0. The van der Waals surface area contributed by atoms with Gasteiger partial charge in [-0.1, -0.05) is 0 Å². The van der Waals surface area contributed by atoms with Crippen LogP contribution < -0.4 is 4.74 Å². The molecule has 0 aromatic carbocycles. The van der Waals surface area contributed by atoms with Crippen molar-refractivity contribution in [3.63, 3.8) is 0 Å². The molecule has 1 rings (SSSR count). The minimum Gasteiger partial charge on any atom is -0.468 e. The second-order valence-corrected chi connectivity index (χ2v) is 3.97. The van der Waals surface area contributed by atoms with Gasteiger partial charge in [0.15, 0.2) is 6.61 Å². The number of aromatic nitrogens is 1. The Morgan fingerprint density at radius 3 is 2.19 bits per heavy atom. The number of carbonyl (C=O) groups is 3. The Morgan fingerprint density at radius 1 is 1.19 bits per heavy atom. The summed E-state index contributed by atoms with van der Waals surface area (Å²) < 4.78 is 18.8. The maximum atomic E-state index is 12.0. The van der Waals surface area contributed by atoms with E-state index in [1.807, 2.05) is 0 Å². The molecule has 9 heteroatoms. The van der Waals surface area contributed by atoms with E-state index in [4.69, 9.17) is 9.26 Å². The molecule has 1 amide bonds. The molecular weight excluding hydrogens is 284 g/mol. The molecule has 0 aliphatic rings. The Morgan fingerprint density at radius 2 is 1.76 bits per heavy atom. The molecule has 0 bridgehead atoms. The second kappa shape index (κ2) is 7.88. The number of aryl methyl sites for hydroxylation is 1. The van der Waals surface area contributed by atoms with Crippen molar-refractivity contribution >= 4 is 17.8 Å². The van der Waals surface area contributed by atoms with E-state index in [-0.39, 0.29) is 19.0 Å². The Bertz CT molecular complexity index is 493. The normalized spacial score (nSPS) is 9.86. The van der Waals surface area contributed by atoms with Crippen LogP contribution in [0.2, 0.25) is 0 Å². The highest BCUT2D eigenvalue weighted by Crippen LogP contribution is 2.09. The third-order valence-corrected chi connectivity index (χ3v) is 2.40. The topological polar surface area (TPSA) is 108 Å². The molecule has 0 unspecified atom stereocenters. The highest BCUT2D eigenvalue weighted by molar-refractivity contribution is 5.86. The first-order chi connectivity index (χ1) is 9.96. The molecule has 0 radical (unpaired) electrons. The van der Waals surface area contributed by atoms with Crippen LogP contribution in [0.5, 0.6) is 5.88 Å². The first-order valence-corrected chi connectivity index (χ1v) is 5.93. The number of hydrogen-bond donors (Lipinski definition) is 0. The molecule has 0 fully saturated rings. The zero-order chi connectivity index (χ0) is 15.8. The molecule has 1 aromatic rings. The van der Waals surface area contributed by atoms with Crippen LogP contribution in [-0.2, 0) is 23.9 Å². The predicted molar refractivity (Wildman–Crippen MR) is 67.3 cm³/mol. The van der Waals surface area contributed by atoms with Crippen LogP contribution in [0.3, 0.4) is 0 Å². The summed E-state index contributed by atoms with van der Waals surface area (Å²) in [5, 5.41) is 3.55. The van der Waals surface area contributed by atoms with Gasteiger partial charge in [-0.3, -0.25) is 14.4 Å². The van der Waals surface area contributed by atoms with Crippen LogP contribution in [0.4, 0.5) is 0 Å². The van der Waals surface area contributed by atoms with Gasteiger partial charge >= 0.3 is 11.9 Å². The zero-order valence-corrected chi connectivity index (χ0v) is 12.0. The smallest absolute Gasteiger partial charge is 0.325 e. The molecule has 0 spiro atoms. The molecule has 1 aromatic heterocycles. The molecule has 0 atom stereocenters. The first-order valence-electron chi connectivity index (χ1n) is 5.93. The lowest BCUT2D eigenvalue weighted by atomic mass is 10.4. The number of nitrogens with zero attached hydrogens (tertiary/aromatic N) is 2. The SMILES string of the molecule is COC(=O)CN(CC(=O)OC)C(=O)COc1cc(C)on1. The van der Waals surface area contributed by atoms with Crippen molar-refractivity contribution in [2.24, 2.45) is 0 Å². The summed E-state index contributed by atoms with van der Waals surface area (Å²) in [5.41, 5.74) is 0. The lowest BCUT2D eigenvalue weighted by molar-refractivity contribution is -0.152. The van der Waals surface area contributed by atoms with Gasteiger partial charge in [0, 0.05) is 6.07 Å². The van der Waals surface area contributed by atoms with Crippen molar-refractivity contribution in [3.8, 4) is 5.88 Å². The maximum Gasteiger partial charge on any atom is 0.325 e. The number of carbonyl (C=O) groups excluding carboxylic acids is 3. The summed E-state index contributed by atoms with van der Waals surface area (Å²) in [5.74, 6) is -1.25. The van der Waals surface area contributed by atoms with E-state index in [1.165, 1.54) is 20.3 Å². The van der Waals surface area contributed by atoms with Gasteiger partial charge in [-0.2, -0.15) is 0 Å². The van der Waals surface area contributed by atoms with Crippen molar-refractivity contribution in [2.75, 3.05) is 33.9 Å². The van der Waals surface area contributed by atoms with Crippen LogP contribution >= 0.6 is 0 Å². The maximum absolute atomic E-state index is 12.0. The monoisotopic (exact) mass is 300 g/mol. The molecule has 1 heterocycles. The van der Waals surface area contributed by atoms with Gasteiger partial charge in [0.2, 0.25) is 0 Å². The summed E-state index contributed by atoms with van der Waals surface area (Å²) in [4.78, 5) is 35.4. The highest BCUT2D eigenvalue weighted by atomic mass is 16.5. The van der Waals surface area contributed by atoms with Crippen molar-refractivity contribution < 1.29 is 33.1 Å². The summed E-state index contributed by atoms with van der Waals surface area (Å²) in [7, 11) is 2.36. The Labute approximate surface area is 120 Å². The minimum absolute atomic E-state index is 0.136. The Balaban J connectivity index is 2.60. The standard InChI is InChI=1S/C12H16N2O7/c1-8-4-9(13-21-8)20-7-10(15)14(5-11(16)18-2)6-12(17)19-3/h4H,5-7H2,1-3H3. The van der Waals surface area contributed by atoms with Gasteiger partial charge in [-0.05, 0) is 12.1 Å². The van der Waals surface area contributed by atoms with Crippen LogP contribution in [0, 0.1) is 6.92 Å². The molecular formula is C12H16N2O7. The third-order valence-electron chi connectivity index (χ3n) is 2.40. The van der Waals surface area contributed by atoms with Crippen molar-refractivity contribution in [1.82, 2.24) is 10.1 Å². The van der Waals surface area contributed by atoms with Crippen molar-refractivity contribution in [3.05, 3.63) is 11.8 Å². The van der Waals surface area contributed by atoms with E-state index in [2.05, 4.69) is 14.6 Å². The second-order valence-electron chi connectivity index (χ2n) is 3.97. The van der Waals surface area contributed by atoms with E-state index in [0.717, 1.165) is 4.90 Å². The summed E-state index contributed by atoms with van der Waals surface area (Å²) in [6.07, 6.45) is 0. The van der Waals surface area contributed by atoms with Crippen molar-refractivity contribution in [1.29, 1.82) is 0 Å². The molecule has 0 saturated heterocycles. The van der Waals surface area contributed by atoms with E-state index in [9.17, 15) is 14.4 Å². The first kappa shape index (κ1) is 16.5. The number of rotatable bonds is 7. The highest BCUT2D eigenvalue weighted by Gasteiger charge is 2.21.